The van der Waals surface area contributed by atoms with E-state index in [1.165, 1.54) is 12.1 Å². The molecule has 116 valence electrons. The first-order chi connectivity index (χ1) is 9.95. The van der Waals surface area contributed by atoms with Gasteiger partial charge < -0.3 is 21.3 Å². The summed E-state index contributed by atoms with van der Waals surface area (Å²) in [6, 6.07) is 4.82. The number of likely N-dealkylation sites (tertiary alicyclic amines) is 1. The summed E-state index contributed by atoms with van der Waals surface area (Å²) in [5.41, 5.74) is 5.89. The second kappa shape index (κ2) is 6.78. The molecule has 1 heterocycles. The predicted molar refractivity (Wildman–Crippen MR) is 80.0 cm³/mol. The van der Waals surface area contributed by atoms with Gasteiger partial charge in [0.15, 0.2) is 0 Å². The minimum Gasteiger partial charge on any atom is -0.508 e. The summed E-state index contributed by atoms with van der Waals surface area (Å²) >= 11 is 0. The van der Waals surface area contributed by atoms with Crippen molar-refractivity contribution in [2.24, 2.45) is 5.73 Å². The van der Waals surface area contributed by atoms with E-state index in [4.69, 9.17) is 5.73 Å². The number of primary amides is 1. The smallest absolute Gasteiger partial charge is 0.231 e. The van der Waals surface area contributed by atoms with E-state index in [9.17, 15) is 15.0 Å². The van der Waals surface area contributed by atoms with Crippen LogP contribution >= 0.6 is 0 Å². The van der Waals surface area contributed by atoms with Crippen molar-refractivity contribution in [1.29, 1.82) is 0 Å². The average molecular weight is 293 g/mol. The molecule has 0 aliphatic carbocycles. The Balaban J connectivity index is 1.88. The van der Waals surface area contributed by atoms with Crippen molar-refractivity contribution in [3.63, 3.8) is 0 Å². The van der Waals surface area contributed by atoms with E-state index in [0.717, 1.165) is 25.9 Å². The molecular weight excluding hydrogens is 270 g/mol. The number of benzene rings is 1. The van der Waals surface area contributed by atoms with Crippen molar-refractivity contribution in [1.82, 2.24) is 10.2 Å². The first kappa shape index (κ1) is 15.6. The minimum absolute atomic E-state index is 0.0511. The van der Waals surface area contributed by atoms with Crippen LogP contribution < -0.4 is 11.1 Å². The average Bonchev–Trinajstić information content (AvgIpc) is 2.43. The third-order valence-electron chi connectivity index (χ3n) is 3.93. The van der Waals surface area contributed by atoms with Crippen LogP contribution in [0.25, 0.3) is 0 Å². The Kier molecular flexibility index (Phi) is 5.03. The third-order valence-corrected chi connectivity index (χ3v) is 3.93. The van der Waals surface area contributed by atoms with Gasteiger partial charge in [-0.25, -0.2) is 0 Å². The van der Waals surface area contributed by atoms with E-state index in [0.29, 0.717) is 18.2 Å². The van der Waals surface area contributed by atoms with Crippen molar-refractivity contribution in [3.05, 3.63) is 23.8 Å². The van der Waals surface area contributed by atoms with E-state index in [1.54, 1.807) is 6.07 Å². The first-order valence-corrected chi connectivity index (χ1v) is 7.24. The van der Waals surface area contributed by atoms with Gasteiger partial charge in [0, 0.05) is 30.7 Å². The number of amides is 1. The van der Waals surface area contributed by atoms with Gasteiger partial charge in [-0.05, 0) is 38.0 Å². The lowest BCUT2D eigenvalue weighted by Crippen LogP contribution is -2.45. The van der Waals surface area contributed by atoms with E-state index in [1.807, 2.05) is 6.92 Å². The molecule has 1 amide bonds. The van der Waals surface area contributed by atoms with Crippen LogP contribution in [0, 0.1) is 0 Å². The summed E-state index contributed by atoms with van der Waals surface area (Å²) < 4.78 is 0. The van der Waals surface area contributed by atoms with E-state index in [2.05, 4.69) is 10.2 Å². The summed E-state index contributed by atoms with van der Waals surface area (Å²) in [6.07, 6.45) is 1.86. The van der Waals surface area contributed by atoms with Crippen LogP contribution in [0.1, 0.15) is 31.4 Å². The van der Waals surface area contributed by atoms with Crippen molar-refractivity contribution in [2.45, 2.75) is 31.8 Å². The largest absolute Gasteiger partial charge is 0.508 e. The standard InChI is InChI=1S/C15H23N3O3/c1-10(13-8-12(19)2-3-14(13)20)17-11-4-6-18(7-5-11)9-15(16)21/h2-3,8,10-11,17,19-20H,4-7,9H2,1H3,(H2,16,21). The van der Waals surface area contributed by atoms with Crippen LogP contribution in [0.2, 0.25) is 0 Å². The van der Waals surface area contributed by atoms with Crippen LogP contribution in [0.15, 0.2) is 18.2 Å². The Bertz CT molecular complexity index is 499. The molecule has 21 heavy (non-hydrogen) atoms. The fourth-order valence-corrected chi connectivity index (χ4v) is 2.81. The fraction of sp³-hybridized carbons (Fsp3) is 0.533. The number of nitrogens with zero attached hydrogens (tertiary/aromatic N) is 1. The zero-order valence-corrected chi connectivity index (χ0v) is 12.2. The van der Waals surface area contributed by atoms with Crippen LogP contribution in [0.3, 0.4) is 0 Å². The van der Waals surface area contributed by atoms with Crippen molar-refractivity contribution >= 4 is 5.91 Å². The number of piperidine rings is 1. The lowest BCUT2D eigenvalue weighted by atomic mass is 10.0. The number of carbonyl (C=O) groups excluding carboxylic acids is 1. The molecule has 1 aromatic carbocycles. The Morgan fingerprint density at radius 2 is 2.10 bits per heavy atom. The molecule has 6 heteroatoms. The van der Waals surface area contributed by atoms with Crippen LogP contribution in [0.5, 0.6) is 11.5 Å². The molecule has 1 aliphatic rings. The molecule has 6 nitrogen and oxygen atoms in total. The topological polar surface area (TPSA) is 98.8 Å². The summed E-state index contributed by atoms with van der Waals surface area (Å²) in [5.74, 6) is 0.0335. The molecule has 0 aromatic heterocycles. The highest BCUT2D eigenvalue weighted by molar-refractivity contribution is 5.75. The quantitative estimate of drug-likeness (QED) is 0.599. The van der Waals surface area contributed by atoms with Gasteiger partial charge in [-0.2, -0.15) is 0 Å². The maximum Gasteiger partial charge on any atom is 0.231 e. The third kappa shape index (κ3) is 4.34. The normalized spacial score (nSPS) is 18.5. The van der Waals surface area contributed by atoms with Gasteiger partial charge in [0.1, 0.15) is 11.5 Å². The molecule has 0 spiro atoms. The highest BCUT2D eigenvalue weighted by atomic mass is 16.3. The number of hydrogen-bond acceptors (Lipinski definition) is 5. The maximum absolute atomic E-state index is 10.9. The molecule has 1 aliphatic heterocycles. The van der Waals surface area contributed by atoms with Crippen molar-refractivity contribution in [3.8, 4) is 11.5 Å². The number of hydrogen-bond donors (Lipinski definition) is 4. The number of nitrogens with two attached hydrogens (primary N) is 1. The lowest BCUT2D eigenvalue weighted by molar-refractivity contribution is -0.119. The summed E-state index contributed by atoms with van der Waals surface area (Å²) in [4.78, 5) is 12.9. The molecule has 0 radical (unpaired) electrons. The monoisotopic (exact) mass is 293 g/mol. The second-order valence-corrected chi connectivity index (χ2v) is 5.65. The molecular formula is C15H23N3O3. The van der Waals surface area contributed by atoms with Gasteiger partial charge in [-0.3, -0.25) is 9.69 Å². The van der Waals surface area contributed by atoms with Crippen LogP contribution in [0.4, 0.5) is 0 Å². The highest BCUT2D eigenvalue weighted by Gasteiger charge is 2.22. The minimum atomic E-state index is -0.292. The van der Waals surface area contributed by atoms with Crippen LogP contribution in [-0.4, -0.2) is 46.7 Å². The molecule has 1 unspecified atom stereocenters. The number of aromatic hydroxyl groups is 2. The highest BCUT2D eigenvalue weighted by Crippen LogP contribution is 2.28. The Morgan fingerprint density at radius 3 is 2.71 bits per heavy atom. The molecule has 0 saturated carbocycles. The Morgan fingerprint density at radius 1 is 1.43 bits per heavy atom. The number of nitrogens with one attached hydrogen (secondary N) is 1. The number of rotatable bonds is 5. The zero-order valence-electron chi connectivity index (χ0n) is 12.2. The molecule has 2 rings (SSSR count). The van der Waals surface area contributed by atoms with E-state index >= 15 is 0 Å². The maximum atomic E-state index is 10.9. The van der Waals surface area contributed by atoms with Gasteiger partial charge >= 0.3 is 0 Å². The molecule has 1 atom stereocenters. The van der Waals surface area contributed by atoms with Gasteiger partial charge in [0.25, 0.3) is 0 Å². The van der Waals surface area contributed by atoms with Crippen molar-refractivity contribution in [2.75, 3.05) is 19.6 Å². The van der Waals surface area contributed by atoms with E-state index < -0.39 is 0 Å². The summed E-state index contributed by atoms with van der Waals surface area (Å²) in [5, 5.41) is 22.8. The molecule has 0 bridgehead atoms. The zero-order chi connectivity index (χ0) is 15.4. The van der Waals surface area contributed by atoms with Gasteiger partial charge in [-0.1, -0.05) is 0 Å². The molecule has 1 aromatic rings. The van der Waals surface area contributed by atoms with Gasteiger partial charge in [-0.15, -0.1) is 0 Å². The Labute approximate surface area is 124 Å². The first-order valence-electron chi connectivity index (χ1n) is 7.24. The van der Waals surface area contributed by atoms with Crippen LogP contribution in [-0.2, 0) is 4.79 Å². The fourth-order valence-electron chi connectivity index (χ4n) is 2.81. The van der Waals surface area contributed by atoms with E-state index in [-0.39, 0.29) is 23.4 Å². The Hall–Kier alpha value is -1.79. The lowest BCUT2D eigenvalue weighted by Gasteiger charge is -2.33. The second-order valence-electron chi connectivity index (χ2n) is 5.65. The molecule has 1 fully saturated rings. The summed E-state index contributed by atoms with van der Waals surface area (Å²) in [6.45, 7) is 3.94. The number of phenols is 2. The predicted octanol–water partition coefficient (Wildman–Crippen LogP) is 0.698. The van der Waals surface area contributed by atoms with Crippen molar-refractivity contribution < 1.29 is 15.0 Å². The van der Waals surface area contributed by atoms with Gasteiger partial charge in [0.2, 0.25) is 5.91 Å². The SMILES string of the molecule is CC(NC1CCN(CC(N)=O)CC1)c1cc(O)ccc1O. The molecule has 1 saturated heterocycles. The number of carbonyl (C=O) groups is 1. The molecule has 5 N–H and O–H groups in total. The summed E-state index contributed by atoms with van der Waals surface area (Å²) in [7, 11) is 0. The number of phenolic OH excluding ortho intramolecular Hbond substituents is 2. The van der Waals surface area contributed by atoms with Gasteiger partial charge in [0.05, 0.1) is 6.54 Å².